The van der Waals surface area contributed by atoms with Crippen LogP contribution < -0.4 is 14.8 Å². The molecule has 162 valence electrons. The van der Waals surface area contributed by atoms with Crippen molar-refractivity contribution in [1.82, 2.24) is 4.72 Å². The van der Waals surface area contributed by atoms with Gasteiger partial charge in [0.05, 0.1) is 4.90 Å². The van der Waals surface area contributed by atoms with E-state index in [0.29, 0.717) is 29.4 Å². The van der Waals surface area contributed by atoms with Gasteiger partial charge in [-0.2, -0.15) is 0 Å². The first-order valence-corrected chi connectivity index (χ1v) is 11.5. The monoisotopic (exact) mass is 458 g/mol. The van der Waals surface area contributed by atoms with Gasteiger partial charge >= 0.3 is 0 Å². The van der Waals surface area contributed by atoms with Crippen LogP contribution in [0.5, 0.6) is 5.75 Å². The molecule has 0 aliphatic carbocycles. The molecule has 0 atom stereocenters. The minimum absolute atomic E-state index is 0.131. The predicted molar refractivity (Wildman–Crippen MR) is 122 cm³/mol. The average molecular weight is 459 g/mol. The summed E-state index contributed by atoms with van der Waals surface area (Å²) in [7, 11) is -3.63. The van der Waals surface area contributed by atoms with Gasteiger partial charge in [-0.05, 0) is 60.9 Å². The molecular weight excluding hydrogens is 436 g/mol. The minimum Gasteiger partial charge on any atom is -0.484 e. The SMILES string of the molecule is Cc1ccc(Cl)cc1NC(=O)COc1ccc(S(=O)(=O)NCCc2ccccc2)cc1. The van der Waals surface area contributed by atoms with E-state index in [1.807, 2.05) is 43.3 Å². The number of rotatable bonds is 9. The van der Waals surface area contributed by atoms with Crippen molar-refractivity contribution in [1.29, 1.82) is 0 Å². The summed E-state index contributed by atoms with van der Waals surface area (Å²) in [5.41, 5.74) is 2.55. The van der Waals surface area contributed by atoms with E-state index >= 15 is 0 Å². The van der Waals surface area contributed by atoms with Crippen LogP contribution in [0.3, 0.4) is 0 Å². The number of amides is 1. The van der Waals surface area contributed by atoms with Crippen molar-refractivity contribution in [2.45, 2.75) is 18.2 Å². The third kappa shape index (κ3) is 6.82. The Morgan fingerprint density at radius 1 is 1.00 bits per heavy atom. The molecular formula is C23H23ClN2O4S. The normalized spacial score (nSPS) is 11.2. The maximum atomic E-state index is 12.4. The summed E-state index contributed by atoms with van der Waals surface area (Å²) in [5.74, 6) is 0.0471. The lowest BCUT2D eigenvalue weighted by atomic mass is 10.2. The second kappa shape index (κ2) is 10.4. The lowest BCUT2D eigenvalue weighted by Gasteiger charge is -2.11. The molecule has 0 radical (unpaired) electrons. The van der Waals surface area contributed by atoms with Crippen molar-refractivity contribution in [2.75, 3.05) is 18.5 Å². The summed E-state index contributed by atoms with van der Waals surface area (Å²) in [5, 5.41) is 3.26. The van der Waals surface area contributed by atoms with Crippen LogP contribution >= 0.6 is 11.6 Å². The molecule has 0 bridgehead atoms. The zero-order valence-electron chi connectivity index (χ0n) is 17.0. The van der Waals surface area contributed by atoms with E-state index < -0.39 is 10.0 Å². The standard InChI is InChI=1S/C23H23ClN2O4S/c1-17-7-8-19(24)15-22(17)26-23(27)16-30-20-9-11-21(12-10-20)31(28,29)25-14-13-18-5-3-2-4-6-18/h2-12,15,25H,13-14,16H2,1H3,(H,26,27). The van der Waals surface area contributed by atoms with Gasteiger partial charge < -0.3 is 10.1 Å². The lowest BCUT2D eigenvalue weighted by Crippen LogP contribution is -2.26. The molecule has 0 aromatic heterocycles. The van der Waals surface area contributed by atoms with Gasteiger partial charge in [0.15, 0.2) is 6.61 Å². The van der Waals surface area contributed by atoms with Crippen molar-refractivity contribution in [3.8, 4) is 5.75 Å². The number of aryl methyl sites for hydroxylation is 1. The molecule has 1 amide bonds. The molecule has 0 saturated carbocycles. The number of carbonyl (C=O) groups excluding carboxylic acids is 1. The highest BCUT2D eigenvalue weighted by Crippen LogP contribution is 2.20. The molecule has 2 N–H and O–H groups in total. The lowest BCUT2D eigenvalue weighted by molar-refractivity contribution is -0.118. The molecule has 8 heteroatoms. The molecule has 3 rings (SSSR count). The Labute approximate surface area is 187 Å². The van der Waals surface area contributed by atoms with Crippen LogP contribution in [-0.4, -0.2) is 27.5 Å². The van der Waals surface area contributed by atoms with Crippen LogP contribution in [0.25, 0.3) is 0 Å². The van der Waals surface area contributed by atoms with Gasteiger partial charge in [-0.3, -0.25) is 4.79 Å². The van der Waals surface area contributed by atoms with Crippen LogP contribution in [0.4, 0.5) is 5.69 Å². The van der Waals surface area contributed by atoms with E-state index in [1.54, 1.807) is 12.1 Å². The van der Waals surface area contributed by atoms with E-state index in [4.69, 9.17) is 16.3 Å². The molecule has 0 fully saturated rings. The second-order valence-electron chi connectivity index (χ2n) is 6.90. The molecule has 3 aromatic carbocycles. The van der Waals surface area contributed by atoms with Crippen LogP contribution in [0.2, 0.25) is 5.02 Å². The first-order valence-electron chi connectivity index (χ1n) is 9.66. The van der Waals surface area contributed by atoms with Gasteiger partial charge in [0.2, 0.25) is 10.0 Å². The van der Waals surface area contributed by atoms with E-state index in [2.05, 4.69) is 10.0 Å². The van der Waals surface area contributed by atoms with Gasteiger partial charge in [0.25, 0.3) is 5.91 Å². The number of ether oxygens (including phenoxy) is 1. The number of hydrogen-bond acceptors (Lipinski definition) is 4. The highest BCUT2D eigenvalue weighted by molar-refractivity contribution is 7.89. The molecule has 0 aliphatic heterocycles. The van der Waals surface area contributed by atoms with Crippen LogP contribution in [0.15, 0.2) is 77.7 Å². The smallest absolute Gasteiger partial charge is 0.262 e. The Kier molecular flexibility index (Phi) is 7.68. The van der Waals surface area contributed by atoms with E-state index in [1.165, 1.54) is 24.3 Å². The van der Waals surface area contributed by atoms with E-state index in [0.717, 1.165) is 11.1 Å². The molecule has 6 nitrogen and oxygen atoms in total. The van der Waals surface area contributed by atoms with E-state index in [-0.39, 0.29) is 17.4 Å². The Morgan fingerprint density at radius 3 is 2.42 bits per heavy atom. The van der Waals surface area contributed by atoms with Crippen LogP contribution in [-0.2, 0) is 21.2 Å². The summed E-state index contributed by atoms with van der Waals surface area (Å²) in [6.07, 6.45) is 0.600. The average Bonchev–Trinajstić information content (AvgIpc) is 2.76. The number of carbonyl (C=O) groups is 1. The molecule has 0 aliphatic rings. The molecule has 0 spiro atoms. The highest BCUT2D eigenvalue weighted by Gasteiger charge is 2.14. The molecule has 31 heavy (non-hydrogen) atoms. The maximum absolute atomic E-state index is 12.4. The molecule has 0 saturated heterocycles. The van der Waals surface area contributed by atoms with Gasteiger partial charge in [-0.15, -0.1) is 0 Å². The minimum atomic E-state index is -3.63. The van der Waals surface area contributed by atoms with Gasteiger partial charge in [0, 0.05) is 17.3 Å². The Hall–Kier alpha value is -2.87. The molecule has 0 heterocycles. The third-order valence-corrected chi connectivity index (χ3v) is 6.24. The van der Waals surface area contributed by atoms with Crippen molar-refractivity contribution in [2.24, 2.45) is 0 Å². The van der Waals surface area contributed by atoms with Crippen molar-refractivity contribution >= 4 is 33.2 Å². The fourth-order valence-corrected chi connectivity index (χ4v) is 4.04. The van der Waals surface area contributed by atoms with Crippen LogP contribution in [0.1, 0.15) is 11.1 Å². The summed E-state index contributed by atoms with van der Waals surface area (Å²) in [4.78, 5) is 12.3. The van der Waals surface area contributed by atoms with Gasteiger partial charge in [-0.1, -0.05) is 48.0 Å². The Bertz CT molecular complexity index is 1130. The predicted octanol–water partition coefficient (Wildman–Crippen LogP) is 4.19. The number of sulfonamides is 1. The number of nitrogens with one attached hydrogen (secondary N) is 2. The quantitative estimate of drug-likeness (QED) is 0.503. The Morgan fingerprint density at radius 2 is 1.71 bits per heavy atom. The summed E-state index contributed by atoms with van der Waals surface area (Å²) in [6, 6.07) is 20.8. The molecule has 3 aromatic rings. The fourth-order valence-electron chi connectivity index (χ4n) is 2.84. The summed E-state index contributed by atoms with van der Waals surface area (Å²) < 4.78 is 32.9. The van der Waals surface area contributed by atoms with Gasteiger partial charge in [-0.25, -0.2) is 13.1 Å². The first-order chi connectivity index (χ1) is 14.8. The van der Waals surface area contributed by atoms with Gasteiger partial charge in [0.1, 0.15) is 5.75 Å². The zero-order chi connectivity index (χ0) is 22.3. The third-order valence-electron chi connectivity index (χ3n) is 4.53. The Balaban J connectivity index is 1.50. The van der Waals surface area contributed by atoms with Crippen molar-refractivity contribution in [3.63, 3.8) is 0 Å². The topological polar surface area (TPSA) is 84.5 Å². The van der Waals surface area contributed by atoms with Crippen molar-refractivity contribution in [3.05, 3.63) is 88.9 Å². The van der Waals surface area contributed by atoms with Crippen molar-refractivity contribution < 1.29 is 17.9 Å². The zero-order valence-corrected chi connectivity index (χ0v) is 18.5. The van der Waals surface area contributed by atoms with Crippen LogP contribution in [0, 0.1) is 6.92 Å². The summed E-state index contributed by atoms with van der Waals surface area (Å²) >= 11 is 5.95. The highest BCUT2D eigenvalue weighted by atomic mass is 35.5. The first kappa shape index (κ1) is 22.8. The number of hydrogen-bond donors (Lipinski definition) is 2. The van der Waals surface area contributed by atoms with E-state index in [9.17, 15) is 13.2 Å². The summed E-state index contributed by atoms with van der Waals surface area (Å²) in [6.45, 7) is 1.95. The number of benzene rings is 3. The second-order valence-corrected chi connectivity index (χ2v) is 9.10. The number of anilines is 1. The maximum Gasteiger partial charge on any atom is 0.262 e. The fraction of sp³-hybridized carbons (Fsp3) is 0.174. The largest absolute Gasteiger partial charge is 0.484 e. The number of halogens is 1. The molecule has 0 unspecified atom stereocenters.